The van der Waals surface area contributed by atoms with Crippen molar-refractivity contribution in [2.75, 3.05) is 30.4 Å². The lowest BCUT2D eigenvalue weighted by molar-refractivity contribution is 0.313. The highest BCUT2D eigenvalue weighted by atomic mass is 32.2. The van der Waals surface area contributed by atoms with Crippen LogP contribution in [0.2, 0.25) is 0 Å². The van der Waals surface area contributed by atoms with Crippen molar-refractivity contribution >= 4 is 49.0 Å². The van der Waals surface area contributed by atoms with Crippen molar-refractivity contribution < 1.29 is 17.9 Å². The van der Waals surface area contributed by atoms with Crippen molar-refractivity contribution in [3.05, 3.63) is 42.0 Å². The number of fused-ring (bicyclic) bond motifs is 1. The van der Waals surface area contributed by atoms with E-state index in [1.807, 2.05) is 31.2 Å². The Morgan fingerprint density at radius 3 is 2.74 bits per heavy atom. The molecule has 0 fully saturated rings. The lowest BCUT2D eigenvalue weighted by Crippen LogP contribution is -2.09. The van der Waals surface area contributed by atoms with Crippen LogP contribution in [0.1, 0.15) is 5.56 Å². The highest BCUT2D eigenvalue weighted by molar-refractivity contribution is 8.01. The summed E-state index contributed by atoms with van der Waals surface area (Å²) in [7, 11) is -1.66. The largest absolute Gasteiger partial charge is 0.493 e. The van der Waals surface area contributed by atoms with Crippen LogP contribution in [0.5, 0.6) is 11.5 Å². The lowest BCUT2D eigenvalue weighted by Gasteiger charge is -2.10. The molecule has 3 rings (SSSR count). The standard InChI is InChI=1S/C18H20N2O4S3/c1-12-4-7-15(16(10-12)23-2)24-8-9-25-18-19-14-6-5-13(11-17(14)26-18)20-27(3,21)22/h4-7,10-11,20H,8-9H2,1-3H3. The van der Waals surface area contributed by atoms with E-state index in [1.165, 1.54) is 11.3 Å². The molecule has 0 radical (unpaired) electrons. The molecule has 2 aromatic carbocycles. The molecule has 1 heterocycles. The van der Waals surface area contributed by atoms with Gasteiger partial charge in [0.1, 0.15) is 0 Å². The van der Waals surface area contributed by atoms with Gasteiger partial charge in [-0.2, -0.15) is 0 Å². The molecule has 0 aliphatic carbocycles. The SMILES string of the molecule is COc1cc(C)ccc1OCCSc1nc2ccc(NS(C)(=O)=O)cc2s1. The summed E-state index contributed by atoms with van der Waals surface area (Å²) in [6.45, 7) is 2.53. The molecular formula is C18H20N2O4S3. The van der Waals surface area contributed by atoms with Gasteiger partial charge < -0.3 is 9.47 Å². The third-order valence-electron chi connectivity index (χ3n) is 3.56. The summed E-state index contributed by atoms with van der Waals surface area (Å²) >= 11 is 3.13. The zero-order valence-electron chi connectivity index (χ0n) is 15.2. The van der Waals surface area contributed by atoms with E-state index in [-0.39, 0.29) is 0 Å². The lowest BCUT2D eigenvalue weighted by atomic mass is 10.2. The Kier molecular flexibility index (Phi) is 6.13. The van der Waals surface area contributed by atoms with E-state index in [4.69, 9.17) is 9.47 Å². The third kappa shape index (κ3) is 5.50. The van der Waals surface area contributed by atoms with Crippen LogP contribution in [0, 0.1) is 6.92 Å². The number of ether oxygens (including phenoxy) is 2. The van der Waals surface area contributed by atoms with Gasteiger partial charge >= 0.3 is 0 Å². The fraction of sp³-hybridized carbons (Fsp3) is 0.278. The van der Waals surface area contributed by atoms with Crippen molar-refractivity contribution in [2.45, 2.75) is 11.3 Å². The second-order valence-corrected chi connectivity index (χ2v) is 10.0. The van der Waals surface area contributed by atoms with Crippen LogP contribution in [-0.2, 0) is 10.0 Å². The monoisotopic (exact) mass is 424 g/mol. The molecule has 144 valence electrons. The molecule has 0 spiro atoms. The number of methoxy groups -OCH3 is 1. The summed E-state index contributed by atoms with van der Waals surface area (Å²) in [6.07, 6.45) is 1.13. The number of benzene rings is 2. The summed E-state index contributed by atoms with van der Waals surface area (Å²) in [5, 5.41) is 0. The Labute approximate surface area is 167 Å². The van der Waals surface area contributed by atoms with Crippen LogP contribution >= 0.6 is 23.1 Å². The maximum atomic E-state index is 11.3. The van der Waals surface area contributed by atoms with Gasteiger partial charge in [0.15, 0.2) is 15.8 Å². The van der Waals surface area contributed by atoms with Crippen LogP contribution in [0.4, 0.5) is 5.69 Å². The van der Waals surface area contributed by atoms with Crippen LogP contribution < -0.4 is 14.2 Å². The average Bonchev–Trinajstić information content (AvgIpc) is 3.00. The molecule has 0 unspecified atom stereocenters. The topological polar surface area (TPSA) is 77.5 Å². The fourth-order valence-corrected chi connectivity index (χ4v) is 4.97. The minimum atomic E-state index is -3.29. The number of hydrogen-bond donors (Lipinski definition) is 1. The summed E-state index contributed by atoms with van der Waals surface area (Å²) in [4.78, 5) is 4.56. The number of thioether (sulfide) groups is 1. The Bertz CT molecular complexity index is 1050. The molecule has 9 heteroatoms. The minimum Gasteiger partial charge on any atom is -0.493 e. The van der Waals surface area contributed by atoms with Crippen molar-refractivity contribution in [2.24, 2.45) is 0 Å². The van der Waals surface area contributed by atoms with Gasteiger partial charge in [-0.3, -0.25) is 4.72 Å². The molecule has 1 N–H and O–H groups in total. The van der Waals surface area contributed by atoms with Gasteiger partial charge in [0.2, 0.25) is 10.0 Å². The molecule has 0 saturated carbocycles. The quantitative estimate of drug-likeness (QED) is 0.432. The zero-order chi connectivity index (χ0) is 19.4. The molecular weight excluding hydrogens is 404 g/mol. The van der Waals surface area contributed by atoms with E-state index < -0.39 is 10.0 Å². The second kappa shape index (κ2) is 8.37. The first-order valence-corrected chi connectivity index (χ1v) is 11.8. The zero-order valence-corrected chi connectivity index (χ0v) is 17.6. The maximum absolute atomic E-state index is 11.3. The van der Waals surface area contributed by atoms with Gasteiger partial charge in [-0.1, -0.05) is 17.8 Å². The number of aromatic nitrogens is 1. The van der Waals surface area contributed by atoms with E-state index in [0.29, 0.717) is 12.3 Å². The summed E-state index contributed by atoms with van der Waals surface area (Å²) in [6, 6.07) is 11.2. The Hall–Kier alpha value is -1.97. The Morgan fingerprint density at radius 2 is 2.00 bits per heavy atom. The number of anilines is 1. The molecule has 3 aromatic rings. The van der Waals surface area contributed by atoms with E-state index in [2.05, 4.69) is 9.71 Å². The van der Waals surface area contributed by atoms with Crippen LogP contribution in [-0.4, -0.2) is 39.1 Å². The van der Waals surface area contributed by atoms with Gasteiger partial charge in [-0.05, 0) is 42.8 Å². The molecule has 0 bridgehead atoms. The molecule has 6 nitrogen and oxygen atoms in total. The minimum absolute atomic E-state index is 0.529. The Balaban J connectivity index is 1.59. The van der Waals surface area contributed by atoms with Crippen LogP contribution in [0.25, 0.3) is 10.2 Å². The average molecular weight is 425 g/mol. The predicted octanol–water partition coefficient (Wildman–Crippen LogP) is 4.16. The highest BCUT2D eigenvalue weighted by Crippen LogP contribution is 2.32. The number of aryl methyl sites for hydroxylation is 1. The molecule has 0 aliphatic heterocycles. The number of thiazole rings is 1. The van der Waals surface area contributed by atoms with Crippen LogP contribution in [0.3, 0.4) is 0 Å². The first-order valence-electron chi connectivity index (χ1n) is 8.13. The van der Waals surface area contributed by atoms with Crippen molar-refractivity contribution in [1.29, 1.82) is 0 Å². The predicted molar refractivity (Wildman–Crippen MR) is 112 cm³/mol. The van der Waals surface area contributed by atoms with Crippen molar-refractivity contribution in [1.82, 2.24) is 4.98 Å². The number of nitrogens with one attached hydrogen (secondary N) is 1. The number of rotatable bonds is 8. The van der Waals surface area contributed by atoms with Crippen LogP contribution in [0.15, 0.2) is 40.7 Å². The van der Waals surface area contributed by atoms with Gasteiger partial charge in [-0.25, -0.2) is 13.4 Å². The highest BCUT2D eigenvalue weighted by Gasteiger charge is 2.09. The number of hydrogen-bond acceptors (Lipinski definition) is 7. The molecule has 0 aliphatic rings. The molecule has 0 atom stereocenters. The fourth-order valence-electron chi connectivity index (χ4n) is 2.42. The number of nitrogens with zero attached hydrogens (tertiary/aromatic N) is 1. The van der Waals surface area contributed by atoms with E-state index >= 15 is 0 Å². The normalized spacial score (nSPS) is 11.5. The van der Waals surface area contributed by atoms with Gasteiger partial charge in [0, 0.05) is 5.75 Å². The summed E-state index contributed by atoms with van der Waals surface area (Å²) in [5.41, 5.74) is 2.51. The summed E-state index contributed by atoms with van der Waals surface area (Å²) in [5.74, 6) is 2.20. The maximum Gasteiger partial charge on any atom is 0.229 e. The molecule has 0 saturated heterocycles. The van der Waals surface area contributed by atoms with E-state index in [0.717, 1.165) is 43.6 Å². The van der Waals surface area contributed by atoms with E-state index in [1.54, 1.807) is 31.0 Å². The van der Waals surface area contributed by atoms with E-state index in [9.17, 15) is 8.42 Å². The van der Waals surface area contributed by atoms with Gasteiger partial charge in [0.05, 0.1) is 35.9 Å². The van der Waals surface area contributed by atoms with Crippen molar-refractivity contribution in [3.8, 4) is 11.5 Å². The van der Waals surface area contributed by atoms with Crippen molar-refractivity contribution in [3.63, 3.8) is 0 Å². The number of sulfonamides is 1. The smallest absolute Gasteiger partial charge is 0.229 e. The first kappa shape index (κ1) is 19.8. The third-order valence-corrected chi connectivity index (χ3v) is 6.29. The first-order chi connectivity index (χ1) is 12.8. The van der Waals surface area contributed by atoms with Gasteiger partial charge in [0.25, 0.3) is 0 Å². The Morgan fingerprint density at radius 1 is 1.19 bits per heavy atom. The molecule has 27 heavy (non-hydrogen) atoms. The second-order valence-electron chi connectivity index (χ2n) is 5.89. The molecule has 0 amide bonds. The summed E-state index contributed by atoms with van der Waals surface area (Å²) < 4.78 is 38.2. The molecule has 1 aromatic heterocycles. The van der Waals surface area contributed by atoms with Gasteiger partial charge in [-0.15, -0.1) is 11.3 Å².